The smallest absolute Gasteiger partial charge is 0.304 e. The van der Waals surface area contributed by atoms with Gasteiger partial charge in [0.25, 0.3) is 0 Å². The van der Waals surface area contributed by atoms with Crippen LogP contribution in [0.15, 0.2) is 12.7 Å². The second kappa shape index (κ2) is 3.77. The van der Waals surface area contributed by atoms with E-state index in [2.05, 4.69) is 15.0 Å². The van der Waals surface area contributed by atoms with Crippen molar-refractivity contribution in [2.75, 3.05) is 0 Å². The summed E-state index contributed by atoms with van der Waals surface area (Å²) in [5.41, 5.74) is 1.29. The van der Waals surface area contributed by atoms with Gasteiger partial charge in [-0.05, 0) is 0 Å². The van der Waals surface area contributed by atoms with Crippen molar-refractivity contribution in [1.29, 1.82) is 0 Å². The van der Waals surface area contributed by atoms with Gasteiger partial charge in [-0.15, -0.1) is 0 Å². The summed E-state index contributed by atoms with van der Waals surface area (Å²) in [5, 5.41) is 0. The molecule has 0 saturated heterocycles. The highest BCUT2D eigenvalue weighted by atomic mass is 32.1. The summed E-state index contributed by atoms with van der Waals surface area (Å²) in [5.74, 6) is -0.351. The number of nitrogens with one attached hydrogen (secondary N) is 1. The van der Waals surface area contributed by atoms with E-state index >= 15 is 0 Å². The Morgan fingerprint density at radius 1 is 1.67 bits per heavy atom. The Morgan fingerprint density at radius 3 is 3.20 bits per heavy atom. The van der Waals surface area contributed by atoms with Crippen molar-refractivity contribution in [3.05, 3.63) is 17.3 Å². The molecule has 0 fully saturated rings. The number of hydrogen-bond donors (Lipinski definition) is 1. The fourth-order valence-electron chi connectivity index (χ4n) is 1.18. The van der Waals surface area contributed by atoms with Crippen molar-refractivity contribution >= 4 is 29.4 Å². The molecule has 15 heavy (non-hydrogen) atoms. The molecule has 0 spiro atoms. The van der Waals surface area contributed by atoms with E-state index in [0.29, 0.717) is 15.8 Å². The van der Waals surface area contributed by atoms with Gasteiger partial charge in [-0.2, -0.15) is 0 Å². The highest BCUT2D eigenvalue weighted by Crippen LogP contribution is 2.09. The van der Waals surface area contributed by atoms with Crippen LogP contribution in [0.1, 0.15) is 6.92 Å². The van der Waals surface area contributed by atoms with Gasteiger partial charge >= 0.3 is 5.97 Å². The summed E-state index contributed by atoms with van der Waals surface area (Å²) >= 11 is 5.04. The molecule has 78 valence electrons. The lowest BCUT2D eigenvalue weighted by atomic mass is 10.5. The summed E-state index contributed by atoms with van der Waals surface area (Å²) in [6.07, 6.45) is 3.02. The topological polar surface area (TPSA) is 72.8 Å². The molecule has 2 aromatic rings. The molecule has 0 saturated carbocycles. The molecule has 0 aromatic carbocycles. The third-order valence-corrected chi connectivity index (χ3v) is 2.13. The van der Waals surface area contributed by atoms with Crippen molar-refractivity contribution in [2.45, 2.75) is 13.7 Å². The molecule has 6 nitrogen and oxygen atoms in total. The van der Waals surface area contributed by atoms with Crippen LogP contribution in [0.4, 0.5) is 0 Å². The Morgan fingerprint density at radius 2 is 2.47 bits per heavy atom. The van der Waals surface area contributed by atoms with Crippen molar-refractivity contribution in [3.8, 4) is 0 Å². The molecular weight excluding hydrogens is 216 g/mol. The second-order valence-electron chi connectivity index (χ2n) is 2.88. The Labute approximate surface area is 89.9 Å². The number of hydrogen-bond acceptors (Lipinski definition) is 5. The van der Waals surface area contributed by atoms with E-state index in [1.54, 1.807) is 10.9 Å². The van der Waals surface area contributed by atoms with E-state index in [0.717, 1.165) is 0 Å². The van der Waals surface area contributed by atoms with Gasteiger partial charge in [0.2, 0.25) is 0 Å². The number of nitrogens with zero attached hydrogens (tertiary/aromatic N) is 3. The Bertz CT molecular complexity index is 559. The summed E-state index contributed by atoms with van der Waals surface area (Å²) in [6, 6.07) is 0. The van der Waals surface area contributed by atoms with E-state index in [-0.39, 0.29) is 12.7 Å². The monoisotopic (exact) mass is 224 g/mol. The third kappa shape index (κ3) is 1.86. The molecule has 0 amide bonds. The summed E-state index contributed by atoms with van der Waals surface area (Å²) in [6.45, 7) is 1.44. The maximum atomic E-state index is 10.7. The highest BCUT2D eigenvalue weighted by molar-refractivity contribution is 7.71. The zero-order chi connectivity index (χ0) is 10.8. The van der Waals surface area contributed by atoms with Gasteiger partial charge in [0, 0.05) is 6.92 Å². The van der Waals surface area contributed by atoms with Gasteiger partial charge in [0.15, 0.2) is 17.0 Å². The number of aromatic nitrogens is 4. The minimum Gasteiger partial charge on any atom is -0.444 e. The average Bonchev–Trinajstić information content (AvgIpc) is 2.59. The fraction of sp³-hybridized carbons (Fsp3) is 0.250. The molecule has 0 atom stereocenters. The summed E-state index contributed by atoms with van der Waals surface area (Å²) < 4.78 is 6.90. The highest BCUT2D eigenvalue weighted by Gasteiger charge is 2.05. The average molecular weight is 224 g/mol. The summed E-state index contributed by atoms with van der Waals surface area (Å²) in [7, 11) is 0. The summed E-state index contributed by atoms with van der Waals surface area (Å²) in [4.78, 5) is 21.5. The molecule has 0 bridgehead atoms. The lowest BCUT2D eigenvalue weighted by Gasteiger charge is -2.03. The molecule has 0 unspecified atom stereocenters. The number of ether oxygens (including phenoxy) is 1. The number of esters is 1. The third-order valence-electron chi connectivity index (χ3n) is 1.83. The van der Waals surface area contributed by atoms with Gasteiger partial charge in [-0.25, -0.2) is 9.97 Å². The number of H-pyrrole nitrogens is 1. The van der Waals surface area contributed by atoms with Crippen molar-refractivity contribution in [2.24, 2.45) is 0 Å². The second-order valence-corrected chi connectivity index (χ2v) is 3.27. The van der Waals surface area contributed by atoms with E-state index < -0.39 is 0 Å². The van der Waals surface area contributed by atoms with Crippen LogP contribution in [0.3, 0.4) is 0 Å². The molecule has 2 heterocycles. The molecule has 0 aliphatic carbocycles. The normalized spacial score (nSPS) is 10.5. The molecule has 2 aromatic heterocycles. The zero-order valence-electron chi connectivity index (χ0n) is 7.93. The number of imidazole rings is 1. The van der Waals surface area contributed by atoms with Crippen LogP contribution in [0.25, 0.3) is 11.2 Å². The van der Waals surface area contributed by atoms with Gasteiger partial charge < -0.3 is 9.72 Å². The van der Waals surface area contributed by atoms with Crippen LogP contribution < -0.4 is 0 Å². The quantitative estimate of drug-likeness (QED) is 0.608. The number of rotatable bonds is 2. The molecule has 1 N–H and O–H groups in total. The van der Waals surface area contributed by atoms with Crippen LogP contribution >= 0.6 is 12.2 Å². The molecular formula is C8H8N4O2S. The number of aromatic amines is 1. The molecule has 0 aliphatic heterocycles. The van der Waals surface area contributed by atoms with E-state index in [1.807, 2.05) is 0 Å². The first-order valence-electron chi connectivity index (χ1n) is 4.20. The maximum Gasteiger partial charge on any atom is 0.304 e. The Hall–Kier alpha value is -1.76. The van der Waals surface area contributed by atoms with Gasteiger partial charge in [-0.3, -0.25) is 9.36 Å². The van der Waals surface area contributed by atoms with Crippen LogP contribution in [0, 0.1) is 4.64 Å². The van der Waals surface area contributed by atoms with Crippen LogP contribution in [-0.2, 0) is 16.3 Å². The first kappa shape index (κ1) is 9.78. The van der Waals surface area contributed by atoms with Crippen molar-refractivity contribution in [1.82, 2.24) is 19.5 Å². The Balaban J connectivity index is 2.44. The SMILES string of the molecule is CC(=O)OCn1cnc2[nH]cnc(=S)c21. The fourth-order valence-corrected chi connectivity index (χ4v) is 1.45. The minimum atomic E-state index is -0.351. The molecule has 7 heteroatoms. The maximum absolute atomic E-state index is 10.7. The van der Waals surface area contributed by atoms with Crippen LogP contribution in [0.5, 0.6) is 0 Å². The number of carbonyl (C=O) groups is 1. The first-order valence-corrected chi connectivity index (χ1v) is 4.61. The van der Waals surface area contributed by atoms with Gasteiger partial charge in [0.05, 0.1) is 6.33 Å². The van der Waals surface area contributed by atoms with Crippen LogP contribution in [-0.4, -0.2) is 25.5 Å². The van der Waals surface area contributed by atoms with Crippen molar-refractivity contribution in [3.63, 3.8) is 0 Å². The Kier molecular flexibility index (Phi) is 2.46. The minimum absolute atomic E-state index is 0.0923. The van der Waals surface area contributed by atoms with E-state index in [1.165, 1.54) is 13.3 Å². The molecule has 0 radical (unpaired) electrons. The lowest BCUT2D eigenvalue weighted by molar-refractivity contribution is -0.144. The first-order chi connectivity index (χ1) is 7.18. The predicted octanol–water partition coefficient (Wildman–Crippen LogP) is 1.01. The predicted molar refractivity (Wildman–Crippen MR) is 54.5 cm³/mol. The van der Waals surface area contributed by atoms with E-state index in [4.69, 9.17) is 17.0 Å². The lowest BCUT2D eigenvalue weighted by Crippen LogP contribution is -2.05. The molecule has 2 rings (SSSR count). The number of carbonyl (C=O) groups excluding carboxylic acids is 1. The van der Waals surface area contributed by atoms with Gasteiger partial charge in [-0.1, -0.05) is 12.2 Å². The van der Waals surface area contributed by atoms with E-state index in [9.17, 15) is 4.79 Å². The van der Waals surface area contributed by atoms with Crippen molar-refractivity contribution < 1.29 is 9.53 Å². The molecule has 0 aliphatic rings. The number of fused-ring (bicyclic) bond motifs is 1. The standard InChI is InChI=1S/C8H8N4O2S/c1-5(13)14-4-12-3-11-7-6(12)8(15)10-2-9-7/h2-3H,4H2,1H3,(H,9,10,15). The zero-order valence-corrected chi connectivity index (χ0v) is 8.74. The largest absolute Gasteiger partial charge is 0.444 e. The van der Waals surface area contributed by atoms with Gasteiger partial charge in [0.1, 0.15) is 11.8 Å². The van der Waals surface area contributed by atoms with Crippen LogP contribution in [0.2, 0.25) is 0 Å².